The highest BCUT2D eigenvalue weighted by Gasteiger charge is 2.43. The number of hydrogen-bond acceptors (Lipinski definition) is 7. The molecule has 0 fully saturated rings. The van der Waals surface area contributed by atoms with Crippen molar-refractivity contribution in [3.05, 3.63) is 91.7 Å². The number of rotatable bonds is 6. The summed E-state index contributed by atoms with van der Waals surface area (Å²) in [6, 6.07) is 15.4. The molecule has 188 valence electrons. The molecule has 4 aromatic rings. The first kappa shape index (κ1) is 23.4. The van der Waals surface area contributed by atoms with Crippen molar-refractivity contribution in [2.75, 3.05) is 20.5 Å². The summed E-state index contributed by atoms with van der Waals surface area (Å²) in [6.45, 7) is 2.74. The van der Waals surface area contributed by atoms with Gasteiger partial charge in [-0.05, 0) is 60.5 Å². The summed E-state index contributed by atoms with van der Waals surface area (Å²) in [5.41, 5.74) is 1.93. The summed E-state index contributed by atoms with van der Waals surface area (Å²) < 4.78 is 29.0. The van der Waals surface area contributed by atoms with Crippen LogP contribution in [0.4, 0.5) is 0 Å². The zero-order valence-corrected chi connectivity index (χ0v) is 21.7. The van der Waals surface area contributed by atoms with E-state index in [9.17, 15) is 9.59 Å². The van der Waals surface area contributed by atoms with E-state index in [1.54, 1.807) is 42.3 Å². The first-order valence-electron chi connectivity index (χ1n) is 11.7. The van der Waals surface area contributed by atoms with Gasteiger partial charge in [-0.25, -0.2) is 0 Å². The Bertz CT molecular complexity index is 1610. The van der Waals surface area contributed by atoms with E-state index in [0.29, 0.717) is 51.7 Å². The Kier molecular flexibility index (Phi) is 5.79. The van der Waals surface area contributed by atoms with Crippen LogP contribution in [0.5, 0.6) is 23.0 Å². The van der Waals surface area contributed by atoms with Gasteiger partial charge in [0.1, 0.15) is 5.58 Å². The monoisotopic (exact) mass is 563 g/mol. The van der Waals surface area contributed by atoms with Crippen molar-refractivity contribution >= 4 is 32.8 Å². The van der Waals surface area contributed by atoms with Gasteiger partial charge >= 0.3 is 0 Å². The Balaban J connectivity index is 1.52. The topological polar surface area (TPSA) is 87.4 Å². The second kappa shape index (κ2) is 9.15. The highest BCUT2D eigenvalue weighted by Crippen LogP contribution is 2.42. The van der Waals surface area contributed by atoms with Gasteiger partial charge in [0, 0.05) is 11.0 Å². The number of benzene rings is 3. The number of nitrogens with zero attached hydrogens (tertiary/aromatic N) is 1. The molecule has 0 N–H and O–H groups in total. The standard InChI is InChI=1S/C28H22BrNO7/c1-3-34-20-8-5-16(11-22(20)33-2)25-24-26(31)18-12-17(29)6-9-19(18)37-27(24)28(32)30(25)13-15-4-7-21-23(10-15)36-14-35-21/h4-12,25H,3,13-14H2,1-2H3. The van der Waals surface area contributed by atoms with Crippen LogP contribution < -0.4 is 24.4 Å². The highest BCUT2D eigenvalue weighted by molar-refractivity contribution is 9.10. The molecule has 8 nitrogen and oxygen atoms in total. The highest BCUT2D eigenvalue weighted by atomic mass is 79.9. The van der Waals surface area contributed by atoms with Gasteiger partial charge in [-0.1, -0.05) is 28.1 Å². The molecular weight excluding hydrogens is 542 g/mol. The lowest BCUT2D eigenvalue weighted by Gasteiger charge is -2.26. The van der Waals surface area contributed by atoms with Crippen LogP contribution >= 0.6 is 15.9 Å². The second-order valence-corrected chi connectivity index (χ2v) is 9.60. The first-order valence-corrected chi connectivity index (χ1v) is 12.5. The largest absolute Gasteiger partial charge is 0.493 e. The number of halogens is 1. The minimum atomic E-state index is -0.697. The van der Waals surface area contributed by atoms with E-state index in [2.05, 4.69) is 15.9 Å². The Labute approximate surface area is 220 Å². The third kappa shape index (κ3) is 3.90. The number of ether oxygens (including phenoxy) is 4. The average molecular weight is 564 g/mol. The van der Waals surface area contributed by atoms with Crippen LogP contribution in [-0.2, 0) is 6.54 Å². The first-order chi connectivity index (χ1) is 18.0. The van der Waals surface area contributed by atoms with Crippen LogP contribution in [0.25, 0.3) is 11.0 Å². The van der Waals surface area contributed by atoms with Gasteiger partial charge < -0.3 is 28.3 Å². The molecule has 1 atom stereocenters. The normalized spacial score (nSPS) is 15.8. The van der Waals surface area contributed by atoms with E-state index in [-0.39, 0.29) is 30.4 Å². The van der Waals surface area contributed by atoms with Crippen LogP contribution in [0.2, 0.25) is 0 Å². The summed E-state index contributed by atoms with van der Waals surface area (Å²) in [7, 11) is 1.55. The van der Waals surface area contributed by atoms with E-state index in [1.807, 2.05) is 31.2 Å². The Morgan fingerprint density at radius 3 is 2.65 bits per heavy atom. The molecule has 1 unspecified atom stereocenters. The van der Waals surface area contributed by atoms with Crippen LogP contribution in [0.3, 0.4) is 0 Å². The van der Waals surface area contributed by atoms with Gasteiger partial charge in [0.05, 0.1) is 30.7 Å². The molecule has 9 heteroatoms. The number of methoxy groups -OCH3 is 1. The third-order valence-electron chi connectivity index (χ3n) is 6.52. The van der Waals surface area contributed by atoms with Crippen molar-refractivity contribution in [1.82, 2.24) is 4.90 Å². The van der Waals surface area contributed by atoms with E-state index in [1.165, 1.54) is 0 Å². The predicted octanol–water partition coefficient (Wildman–Crippen LogP) is 5.44. The molecule has 37 heavy (non-hydrogen) atoms. The molecule has 2 aliphatic heterocycles. The van der Waals surface area contributed by atoms with Gasteiger partial charge in [-0.3, -0.25) is 9.59 Å². The molecule has 3 aromatic carbocycles. The maximum absolute atomic E-state index is 13.8. The summed E-state index contributed by atoms with van der Waals surface area (Å²) >= 11 is 3.43. The number of fused-ring (bicyclic) bond motifs is 3. The van der Waals surface area contributed by atoms with Crippen LogP contribution in [-0.4, -0.2) is 31.3 Å². The molecule has 0 saturated heterocycles. The molecule has 1 amide bonds. The molecular formula is C28H22BrNO7. The van der Waals surface area contributed by atoms with Gasteiger partial charge in [0.2, 0.25) is 12.6 Å². The van der Waals surface area contributed by atoms with E-state index < -0.39 is 6.04 Å². The lowest BCUT2D eigenvalue weighted by Crippen LogP contribution is -2.29. The Morgan fingerprint density at radius 1 is 1.00 bits per heavy atom. The maximum atomic E-state index is 13.8. The van der Waals surface area contributed by atoms with E-state index in [4.69, 9.17) is 23.4 Å². The predicted molar refractivity (Wildman–Crippen MR) is 139 cm³/mol. The molecule has 3 heterocycles. The van der Waals surface area contributed by atoms with E-state index in [0.717, 1.165) is 10.0 Å². The Hall–Kier alpha value is -3.98. The minimum Gasteiger partial charge on any atom is -0.493 e. The fourth-order valence-electron chi connectivity index (χ4n) is 4.87. The van der Waals surface area contributed by atoms with Crippen LogP contribution in [0.1, 0.15) is 40.2 Å². The number of hydrogen-bond donors (Lipinski definition) is 0. The van der Waals surface area contributed by atoms with Crippen molar-refractivity contribution in [3.8, 4) is 23.0 Å². The molecule has 0 aliphatic carbocycles. The fraction of sp³-hybridized carbons (Fsp3) is 0.214. The summed E-state index contributed by atoms with van der Waals surface area (Å²) in [4.78, 5) is 29.2. The molecule has 0 bridgehead atoms. The third-order valence-corrected chi connectivity index (χ3v) is 7.01. The summed E-state index contributed by atoms with van der Waals surface area (Å²) in [5.74, 6) is 2.03. The van der Waals surface area contributed by atoms with Gasteiger partial charge in [0.15, 0.2) is 28.4 Å². The zero-order valence-electron chi connectivity index (χ0n) is 20.1. The molecule has 1 aromatic heterocycles. The van der Waals surface area contributed by atoms with Crippen molar-refractivity contribution in [1.29, 1.82) is 0 Å². The quantitative estimate of drug-likeness (QED) is 0.309. The average Bonchev–Trinajstić information content (AvgIpc) is 3.48. The lowest BCUT2D eigenvalue weighted by molar-refractivity contribution is 0.0714. The molecule has 0 saturated carbocycles. The minimum absolute atomic E-state index is 0.0402. The van der Waals surface area contributed by atoms with Crippen molar-refractivity contribution in [2.24, 2.45) is 0 Å². The molecule has 2 aliphatic rings. The molecule has 6 rings (SSSR count). The summed E-state index contributed by atoms with van der Waals surface area (Å²) in [6.07, 6.45) is 0. The van der Waals surface area contributed by atoms with Crippen molar-refractivity contribution < 1.29 is 28.2 Å². The Morgan fingerprint density at radius 2 is 1.84 bits per heavy atom. The molecule has 0 radical (unpaired) electrons. The van der Waals surface area contributed by atoms with Gasteiger partial charge in [-0.2, -0.15) is 0 Å². The maximum Gasteiger partial charge on any atom is 0.291 e. The van der Waals surface area contributed by atoms with E-state index >= 15 is 0 Å². The number of amides is 1. The molecule has 0 spiro atoms. The zero-order chi connectivity index (χ0) is 25.7. The number of carbonyl (C=O) groups is 1. The lowest BCUT2D eigenvalue weighted by atomic mass is 9.97. The second-order valence-electron chi connectivity index (χ2n) is 8.68. The SMILES string of the molecule is CCOc1ccc(C2c3c(oc4ccc(Br)cc4c3=O)C(=O)N2Cc2ccc3c(c2)OCO3)cc1OC. The summed E-state index contributed by atoms with van der Waals surface area (Å²) in [5, 5.41) is 0.397. The smallest absolute Gasteiger partial charge is 0.291 e. The van der Waals surface area contributed by atoms with Gasteiger partial charge in [0.25, 0.3) is 5.91 Å². The van der Waals surface area contributed by atoms with Crippen molar-refractivity contribution in [2.45, 2.75) is 19.5 Å². The van der Waals surface area contributed by atoms with Crippen molar-refractivity contribution in [3.63, 3.8) is 0 Å². The van der Waals surface area contributed by atoms with Gasteiger partial charge in [-0.15, -0.1) is 0 Å². The fourth-order valence-corrected chi connectivity index (χ4v) is 5.23. The van der Waals surface area contributed by atoms with Crippen LogP contribution in [0, 0.1) is 0 Å². The number of carbonyl (C=O) groups excluding carboxylic acids is 1. The van der Waals surface area contributed by atoms with Crippen LogP contribution in [0.15, 0.2) is 68.3 Å².